The summed E-state index contributed by atoms with van der Waals surface area (Å²) < 4.78 is 0. The monoisotopic (exact) mass is 306 g/mol. The average molecular weight is 307 g/mol. The largest absolute Gasteiger partial charge is 0.313 e. The van der Waals surface area contributed by atoms with Crippen LogP contribution in [-0.4, -0.2) is 16.9 Å². The van der Waals surface area contributed by atoms with Crippen molar-refractivity contribution in [3.8, 4) is 0 Å². The molecule has 1 N–H and O–H groups in total. The predicted octanol–water partition coefficient (Wildman–Crippen LogP) is 3.89. The van der Waals surface area contributed by atoms with Gasteiger partial charge in [-0.1, -0.05) is 46.6 Å². The maximum Gasteiger partial charge on any atom is 0.0746 e. The number of alkyl halides is 1. The Morgan fingerprint density at radius 2 is 1.94 bits per heavy atom. The molecule has 2 aromatic rings. The highest BCUT2D eigenvalue weighted by Crippen LogP contribution is 2.15. The minimum atomic E-state index is 0.905. The number of aromatic nitrogens is 1. The number of unbranched alkanes of at least 4 members (excludes halogenated alkanes) is 2. The molecule has 0 unspecified atom stereocenters. The summed E-state index contributed by atoms with van der Waals surface area (Å²) in [7, 11) is 0. The van der Waals surface area contributed by atoms with Crippen LogP contribution in [0.5, 0.6) is 0 Å². The van der Waals surface area contributed by atoms with Crippen molar-refractivity contribution in [3.63, 3.8) is 0 Å². The Morgan fingerprint density at radius 3 is 2.83 bits per heavy atom. The Kier molecular flexibility index (Phi) is 5.62. The number of halogens is 1. The molecule has 0 fully saturated rings. The zero-order chi connectivity index (χ0) is 12.6. The number of fused-ring (bicyclic) bond motifs is 1. The first-order valence-corrected chi connectivity index (χ1v) is 7.63. The van der Waals surface area contributed by atoms with Crippen LogP contribution < -0.4 is 5.32 Å². The van der Waals surface area contributed by atoms with E-state index < -0.39 is 0 Å². The van der Waals surface area contributed by atoms with Crippen molar-refractivity contribution in [3.05, 3.63) is 42.1 Å². The standard InChI is InChI=1S/C15H19BrN2/c16-9-2-1-3-10-17-12-14-7-4-6-13-8-5-11-18-15(13)14/h4-8,11,17H,1-3,9-10,12H2. The first-order chi connectivity index (χ1) is 8.92. The topological polar surface area (TPSA) is 24.9 Å². The van der Waals surface area contributed by atoms with Gasteiger partial charge in [0.2, 0.25) is 0 Å². The second kappa shape index (κ2) is 7.49. The summed E-state index contributed by atoms with van der Waals surface area (Å²) in [6.45, 7) is 1.99. The Labute approximate surface area is 117 Å². The van der Waals surface area contributed by atoms with E-state index in [0.717, 1.165) is 23.9 Å². The van der Waals surface area contributed by atoms with E-state index in [1.165, 1.54) is 30.2 Å². The Hall–Kier alpha value is -0.930. The Balaban J connectivity index is 1.88. The van der Waals surface area contributed by atoms with E-state index in [2.05, 4.69) is 50.5 Å². The molecule has 0 spiro atoms. The summed E-state index contributed by atoms with van der Waals surface area (Å²) in [5.41, 5.74) is 2.40. The Morgan fingerprint density at radius 1 is 1.06 bits per heavy atom. The molecule has 0 aliphatic carbocycles. The third-order valence-corrected chi connectivity index (χ3v) is 3.58. The molecule has 2 rings (SSSR count). The molecule has 2 nitrogen and oxygen atoms in total. The molecule has 1 aromatic carbocycles. The van der Waals surface area contributed by atoms with E-state index in [1.54, 1.807) is 0 Å². The zero-order valence-corrected chi connectivity index (χ0v) is 12.1. The van der Waals surface area contributed by atoms with Gasteiger partial charge in [-0.2, -0.15) is 0 Å². The second-order valence-electron chi connectivity index (χ2n) is 4.42. The zero-order valence-electron chi connectivity index (χ0n) is 10.5. The molecule has 0 saturated heterocycles. The van der Waals surface area contributed by atoms with Crippen LogP contribution in [-0.2, 0) is 6.54 Å². The van der Waals surface area contributed by atoms with Crippen LogP contribution in [0.2, 0.25) is 0 Å². The van der Waals surface area contributed by atoms with Crippen LogP contribution in [0, 0.1) is 0 Å². The quantitative estimate of drug-likeness (QED) is 0.620. The number of hydrogen-bond acceptors (Lipinski definition) is 2. The fourth-order valence-electron chi connectivity index (χ4n) is 2.05. The Bertz CT molecular complexity index is 479. The molecule has 0 atom stereocenters. The van der Waals surface area contributed by atoms with Crippen LogP contribution in [0.1, 0.15) is 24.8 Å². The van der Waals surface area contributed by atoms with Gasteiger partial charge in [0.05, 0.1) is 5.52 Å². The number of nitrogens with one attached hydrogen (secondary N) is 1. The van der Waals surface area contributed by atoms with Crippen molar-refractivity contribution in [2.45, 2.75) is 25.8 Å². The lowest BCUT2D eigenvalue weighted by Gasteiger charge is -2.07. The number of pyridine rings is 1. The molecule has 0 aliphatic heterocycles. The molecule has 18 heavy (non-hydrogen) atoms. The third kappa shape index (κ3) is 3.79. The summed E-state index contributed by atoms with van der Waals surface area (Å²) in [5, 5.41) is 5.83. The van der Waals surface area contributed by atoms with E-state index in [1.807, 2.05) is 12.3 Å². The molecular weight excluding hydrogens is 288 g/mol. The van der Waals surface area contributed by atoms with Crippen LogP contribution in [0.15, 0.2) is 36.5 Å². The molecule has 0 bridgehead atoms. The van der Waals surface area contributed by atoms with E-state index >= 15 is 0 Å². The summed E-state index contributed by atoms with van der Waals surface area (Å²) in [6.07, 6.45) is 5.65. The van der Waals surface area contributed by atoms with Gasteiger partial charge in [0.1, 0.15) is 0 Å². The van der Waals surface area contributed by atoms with Gasteiger partial charge in [-0.15, -0.1) is 0 Å². The van der Waals surface area contributed by atoms with Crippen molar-refractivity contribution in [1.82, 2.24) is 10.3 Å². The van der Waals surface area contributed by atoms with Gasteiger partial charge in [-0.25, -0.2) is 0 Å². The number of benzene rings is 1. The highest BCUT2D eigenvalue weighted by atomic mass is 79.9. The summed E-state index contributed by atoms with van der Waals surface area (Å²) >= 11 is 3.45. The van der Waals surface area contributed by atoms with Crippen molar-refractivity contribution in [2.24, 2.45) is 0 Å². The number of para-hydroxylation sites is 1. The molecule has 0 aliphatic rings. The van der Waals surface area contributed by atoms with Crippen LogP contribution >= 0.6 is 15.9 Å². The molecule has 96 valence electrons. The summed E-state index contributed by atoms with van der Waals surface area (Å²) in [4.78, 5) is 4.46. The smallest absolute Gasteiger partial charge is 0.0746 e. The third-order valence-electron chi connectivity index (χ3n) is 3.02. The SMILES string of the molecule is BrCCCCCNCc1cccc2cccnc12. The van der Waals surface area contributed by atoms with Gasteiger partial charge in [0.25, 0.3) is 0 Å². The predicted molar refractivity (Wildman–Crippen MR) is 81.1 cm³/mol. The highest BCUT2D eigenvalue weighted by molar-refractivity contribution is 9.09. The molecule has 1 heterocycles. The van der Waals surface area contributed by atoms with Crippen LogP contribution in [0.4, 0.5) is 0 Å². The second-order valence-corrected chi connectivity index (χ2v) is 5.21. The first-order valence-electron chi connectivity index (χ1n) is 6.51. The van der Waals surface area contributed by atoms with Gasteiger partial charge < -0.3 is 5.32 Å². The lowest BCUT2D eigenvalue weighted by atomic mass is 10.1. The van der Waals surface area contributed by atoms with Crippen molar-refractivity contribution in [1.29, 1.82) is 0 Å². The van der Waals surface area contributed by atoms with Crippen molar-refractivity contribution in [2.75, 3.05) is 11.9 Å². The molecular formula is C15H19BrN2. The van der Waals surface area contributed by atoms with E-state index in [4.69, 9.17) is 0 Å². The van der Waals surface area contributed by atoms with Crippen LogP contribution in [0.3, 0.4) is 0 Å². The lowest BCUT2D eigenvalue weighted by Crippen LogP contribution is -2.15. The minimum Gasteiger partial charge on any atom is -0.313 e. The van der Waals surface area contributed by atoms with E-state index in [-0.39, 0.29) is 0 Å². The maximum absolute atomic E-state index is 4.46. The first kappa shape index (κ1) is 13.5. The van der Waals surface area contributed by atoms with E-state index in [0.29, 0.717) is 0 Å². The fraction of sp³-hybridized carbons (Fsp3) is 0.400. The van der Waals surface area contributed by atoms with Gasteiger partial charge >= 0.3 is 0 Å². The normalized spacial score (nSPS) is 10.9. The molecule has 0 amide bonds. The fourth-order valence-corrected chi connectivity index (χ4v) is 2.45. The summed E-state index contributed by atoms with van der Waals surface area (Å²) in [6, 6.07) is 10.5. The molecule has 0 radical (unpaired) electrons. The maximum atomic E-state index is 4.46. The van der Waals surface area contributed by atoms with Gasteiger partial charge in [-0.3, -0.25) is 4.98 Å². The van der Waals surface area contributed by atoms with Crippen molar-refractivity contribution >= 4 is 26.8 Å². The molecule has 3 heteroatoms. The lowest BCUT2D eigenvalue weighted by molar-refractivity contribution is 0.620. The molecule has 1 aromatic heterocycles. The van der Waals surface area contributed by atoms with Crippen LogP contribution in [0.25, 0.3) is 10.9 Å². The van der Waals surface area contributed by atoms with Crippen molar-refractivity contribution < 1.29 is 0 Å². The minimum absolute atomic E-state index is 0.905. The van der Waals surface area contributed by atoms with E-state index in [9.17, 15) is 0 Å². The van der Waals surface area contributed by atoms with Gasteiger partial charge in [0, 0.05) is 23.5 Å². The number of hydrogen-bond donors (Lipinski definition) is 1. The average Bonchev–Trinajstić information content (AvgIpc) is 2.43. The number of rotatable bonds is 7. The summed E-state index contributed by atoms with van der Waals surface area (Å²) in [5.74, 6) is 0. The van der Waals surface area contributed by atoms with Gasteiger partial charge in [0.15, 0.2) is 0 Å². The number of nitrogens with zero attached hydrogens (tertiary/aromatic N) is 1. The highest BCUT2D eigenvalue weighted by Gasteiger charge is 2.00. The molecule has 0 saturated carbocycles. The van der Waals surface area contributed by atoms with Gasteiger partial charge in [-0.05, 0) is 31.0 Å².